The zero-order valence-electron chi connectivity index (χ0n) is 16.0. The van der Waals surface area contributed by atoms with E-state index in [1.165, 1.54) is 12.0 Å². The van der Waals surface area contributed by atoms with E-state index in [-0.39, 0.29) is 18.7 Å². The lowest BCUT2D eigenvalue weighted by Crippen LogP contribution is -2.52. The van der Waals surface area contributed by atoms with Gasteiger partial charge in [-0.3, -0.25) is 9.69 Å². The van der Waals surface area contributed by atoms with Crippen LogP contribution in [-0.2, 0) is 11.3 Å². The molecule has 2 fully saturated rings. The van der Waals surface area contributed by atoms with Gasteiger partial charge in [0.25, 0.3) is 5.91 Å². The molecule has 8 nitrogen and oxygen atoms in total. The number of benzene rings is 2. The molecule has 0 aromatic heterocycles. The first-order valence-electron chi connectivity index (χ1n) is 9.54. The van der Waals surface area contributed by atoms with Crippen molar-refractivity contribution in [2.45, 2.75) is 12.6 Å². The minimum absolute atomic E-state index is 0.213. The second kappa shape index (κ2) is 6.97. The molecule has 0 aliphatic carbocycles. The Bertz CT molecular complexity index is 979. The Hall–Kier alpha value is -3.26. The maximum atomic E-state index is 13.1. The van der Waals surface area contributed by atoms with E-state index in [9.17, 15) is 9.59 Å². The molecule has 0 saturated carbocycles. The van der Waals surface area contributed by atoms with E-state index in [4.69, 9.17) is 14.2 Å². The molecule has 0 radical (unpaired) electrons. The summed E-state index contributed by atoms with van der Waals surface area (Å²) in [5.41, 5.74) is 1.57. The first kappa shape index (κ1) is 17.8. The molecule has 0 spiro atoms. The molecule has 5 rings (SSSR count). The van der Waals surface area contributed by atoms with Gasteiger partial charge in [0.15, 0.2) is 11.5 Å². The minimum atomic E-state index is -0.491. The number of para-hydroxylation sites is 2. The molecule has 8 heteroatoms. The molecule has 0 bridgehead atoms. The van der Waals surface area contributed by atoms with E-state index in [1.807, 2.05) is 24.3 Å². The van der Waals surface area contributed by atoms with Gasteiger partial charge in [0, 0.05) is 26.2 Å². The van der Waals surface area contributed by atoms with Crippen LogP contribution in [0.5, 0.6) is 17.2 Å². The number of imide groups is 1. The van der Waals surface area contributed by atoms with Gasteiger partial charge in [-0.15, -0.1) is 0 Å². The third kappa shape index (κ3) is 2.96. The number of rotatable bonds is 4. The van der Waals surface area contributed by atoms with Gasteiger partial charge in [-0.2, -0.15) is 0 Å². The highest BCUT2D eigenvalue weighted by Gasteiger charge is 2.48. The van der Waals surface area contributed by atoms with E-state index in [2.05, 4.69) is 4.90 Å². The Balaban J connectivity index is 1.34. The van der Waals surface area contributed by atoms with Crippen LogP contribution in [0.2, 0.25) is 0 Å². The summed E-state index contributed by atoms with van der Waals surface area (Å²) in [5, 5.41) is 0. The predicted molar refractivity (Wildman–Crippen MR) is 104 cm³/mol. The van der Waals surface area contributed by atoms with E-state index in [1.54, 1.807) is 23.1 Å². The summed E-state index contributed by atoms with van der Waals surface area (Å²) < 4.78 is 16.2. The van der Waals surface area contributed by atoms with Gasteiger partial charge < -0.3 is 19.1 Å². The highest BCUT2D eigenvalue weighted by Crippen LogP contribution is 2.35. The van der Waals surface area contributed by atoms with Gasteiger partial charge in [-0.05, 0) is 29.8 Å². The number of hydrogen-bond acceptors (Lipinski definition) is 6. The molecule has 1 unspecified atom stereocenters. The molecule has 3 aliphatic rings. The van der Waals surface area contributed by atoms with Crippen molar-refractivity contribution in [2.75, 3.05) is 38.4 Å². The number of anilines is 1. The summed E-state index contributed by atoms with van der Waals surface area (Å²) in [6, 6.07) is 12.2. The van der Waals surface area contributed by atoms with Crippen molar-refractivity contribution in [1.82, 2.24) is 9.80 Å². The van der Waals surface area contributed by atoms with Crippen molar-refractivity contribution in [3.05, 3.63) is 48.0 Å². The van der Waals surface area contributed by atoms with Crippen molar-refractivity contribution in [2.24, 2.45) is 0 Å². The molecular weight excluding hydrogens is 374 g/mol. The number of urea groups is 1. The van der Waals surface area contributed by atoms with Crippen molar-refractivity contribution in [1.29, 1.82) is 0 Å². The smallest absolute Gasteiger partial charge is 0.332 e. The van der Waals surface area contributed by atoms with Crippen LogP contribution in [-0.4, -0.2) is 61.3 Å². The van der Waals surface area contributed by atoms with Crippen LogP contribution in [0.3, 0.4) is 0 Å². The van der Waals surface area contributed by atoms with Gasteiger partial charge in [-0.25, -0.2) is 9.69 Å². The molecule has 0 N–H and O–H groups in total. The maximum absolute atomic E-state index is 13.1. The van der Waals surface area contributed by atoms with Crippen LogP contribution in [0.1, 0.15) is 5.56 Å². The SMILES string of the molecule is COc1ccccc1N1C(=O)C2CN(Cc3ccc4c(c3)OCO4)CCN2C1=O. The van der Waals surface area contributed by atoms with E-state index in [0.29, 0.717) is 37.6 Å². The van der Waals surface area contributed by atoms with E-state index in [0.717, 1.165) is 17.1 Å². The Morgan fingerprint density at radius 2 is 1.90 bits per heavy atom. The van der Waals surface area contributed by atoms with Gasteiger partial charge in [0.2, 0.25) is 6.79 Å². The summed E-state index contributed by atoms with van der Waals surface area (Å²) in [7, 11) is 1.53. The molecule has 29 heavy (non-hydrogen) atoms. The number of carbonyl (C=O) groups excluding carboxylic acids is 2. The van der Waals surface area contributed by atoms with Gasteiger partial charge in [0.1, 0.15) is 11.8 Å². The average molecular weight is 395 g/mol. The largest absolute Gasteiger partial charge is 0.495 e. The van der Waals surface area contributed by atoms with Crippen molar-refractivity contribution in [3.63, 3.8) is 0 Å². The fourth-order valence-electron chi connectivity index (χ4n) is 4.13. The van der Waals surface area contributed by atoms with Gasteiger partial charge >= 0.3 is 6.03 Å². The Morgan fingerprint density at radius 1 is 1.07 bits per heavy atom. The maximum Gasteiger partial charge on any atom is 0.332 e. The predicted octanol–water partition coefficient (Wildman–Crippen LogP) is 2.08. The topological polar surface area (TPSA) is 71.6 Å². The zero-order chi connectivity index (χ0) is 20.0. The van der Waals surface area contributed by atoms with Crippen LogP contribution in [0.15, 0.2) is 42.5 Å². The third-order valence-electron chi connectivity index (χ3n) is 5.58. The van der Waals surface area contributed by atoms with E-state index < -0.39 is 6.04 Å². The van der Waals surface area contributed by atoms with Crippen LogP contribution in [0.4, 0.5) is 10.5 Å². The first-order valence-corrected chi connectivity index (χ1v) is 9.54. The van der Waals surface area contributed by atoms with Crippen molar-refractivity contribution < 1.29 is 23.8 Å². The standard InChI is InChI=1S/C21H21N3O5/c1-27-17-5-3-2-4-15(17)24-20(25)16-12-22(8-9-23(16)21(24)26)11-14-6-7-18-19(10-14)29-13-28-18/h2-7,10,16H,8-9,11-13H2,1H3. The number of methoxy groups -OCH3 is 1. The number of amides is 3. The third-order valence-corrected chi connectivity index (χ3v) is 5.58. The van der Waals surface area contributed by atoms with Crippen molar-refractivity contribution in [3.8, 4) is 17.2 Å². The monoisotopic (exact) mass is 395 g/mol. The number of ether oxygens (including phenoxy) is 3. The summed E-state index contributed by atoms with van der Waals surface area (Å²) >= 11 is 0. The number of carbonyl (C=O) groups is 2. The Kier molecular flexibility index (Phi) is 4.28. The molecule has 3 amide bonds. The molecule has 2 saturated heterocycles. The summed E-state index contributed by atoms with van der Waals surface area (Å²) in [4.78, 5) is 31.1. The van der Waals surface area contributed by atoms with Crippen LogP contribution < -0.4 is 19.1 Å². The minimum Gasteiger partial charge on any atom is -0.495 e. The Labute approximate surface area is 168 Å². The molecule has 3 heterocycles. The molecule has 150 valence electrons. The molecule has 2 aromatic rings. The van der Waals surface area contributed by atoms with Crippen LogP contribution in [0, 0.1) is 0 Å². The molecule has 3 aliphatic heterocycles. The summed E-state index contributed by atoms with van der Waals surface area (Å²) in [6.07, 6.45) is 0. The van der Waals surface area contributed by atoms with Gasteiger partial charge in [0.05, 0.1) is 12.8 Å². The lowest BCUT2D eigenvalue weighted by atomic mass is 10.1. The molecule has 1 atom stereocenters. The van der Waals surface area contributed by atoms with E-state index >= 15 is 0 Å². The second-order valence-corrected chi connectivity index (χ2v) is 7.26. The lowest BCUT2D eigenvalue weighted by Gasteiger charge is -2.35. The van der Waals surface area contributed by atoms with Gasteiger partial charge in [-0.1, -0.05) is 18.2 Å². The molecular formula is C21H21N3O5. The molecule has 2 aromatic carbocycles. The average Bonchev–Trinajstić information content (AvgIpc) is 3.30. The summed E-state index contributed by atoms with van der Waals surface area (Å²) in [5.74, 6) is 1.79. The van der Waals surface area contributed by atoms with Crippen LogP contribution >= 0.6 is 0 Å². The number of piperazine rings is 1. The number of hydrogen-bond donors (Lipinski definition) is 0. The Morgan fingerprint density at radius 3 is 2.76 bits per heavy atom. The highest BCUT2D eigenvalue weighted by atomic mass is 16.7. The fourth-order valence-corrected chi connectivity index (χ4v) is 4.13. The van der Waals surface area contributed by atoms with Crippen LogP contribution in [0.25, 0.3) is 0 Å². The zero-order valence-corrected chi connectivity index (χ0v) is 16.0. The number of fused-ring (bicyclic) bond motifs is 2. The fraction of sp³-hybridized carbons (Fsp3) is 0.333. The number of nitrogens with zero attached hydrogens (tertiary/aromatic N) is 3. The van der Waals surface area contributed by atoms with Crippen molar-refractivity contribution >= 4 is 17.6 Å². The highest BCUT2D eigenvalue weighted by molar-refractivity contribution is 6.22. The summed E-state index contributed by atoms with van der Waals surface area (Å²) in [6.45, 7) is 2.62. The normalized spacial score (nSPS) is 20.9. The second-order valence-electron chi connectivity index (χ2n) is 7.26. The quantitative estimate of drug-likeness (QED) is 0.739. The lowest BCUT2D eigenvalue weighted by molar-refractivity contribution is -0.121. The first-order chi connectivity index (χ1) is 14.2.